The Morgan fingerprint density at radius 3 is 2.75 bits per heavy atom. The van der Waals surface area contributed by atoms with Gasteiger partial charge < -0.3 is 5.73 Å². The molecule has 1 aromatic heterocycles. The molecule has 2 N–H and O–H groups in total. The van der Waals surface area contributed by atoms with Crippen LogP contribution in [0.3, 0.4) is 0 Å². The van der Waals surface area contributed by atoms with Gasteiger partial charge in [0.1, 0.15) is 5.69 Å². The van der Waals surface area contributed by atoms with E-state index in [9.17, 15) is 18.0 Å². The number of hydrogen-bond donors (Lipinski definition) is 1. The minimum absolute atomic E-state index is 0.128. The fourth-order valence-electron chi connectivity index (χ4n) is 0.904. The van der Waals surface area contributed by atoms with E-state index in [4.69, 9.17) is 17.3 Å². The minimum atomic E-state index is -4.31. The third-order valence-electron chi connectivity index (χ3n) is 1.62. The number of rotatable bonds is 3. The van der Waals surface area contributed by atoms with E-state index in [2.05, 4.69) is 4.98 Å². The van der Waals surface area contributed by atoms with Gasteiger partial charge in [0.05, 0.1) is 6.33 Å². The van der Waals surface area contributed by atoms with Crippen LogP contribution in [0.1, 0.15) is 0 Å². The molecule has 0 saturated carbocycles. The standard InChI is InChI=1S/C7H7ClF3N3OS/c8-5-4(12)6(15)14(3-13-5)1-2-16-7(9,10)11/h3H,1-2,12H2. The summed E-state index contributed by atoms with van der Waals surface area (Å²) in [6.07, 6.45) is 1.07. The summed E-state index contributed by atoms with van der Waals surface area (Å²) in [5.41, 5.74) is 0.0738. The van der Waals surface area contributed by atoms with Gasteiger partial charge in [-0.15, -0.1) is 0 Å². The first kappa shape index (κ1) is 13.2. The van der Waals surface area contributed by atoms with Crippen molar-refractivity contribution in [3.05, 3.63) is 21.8 Å². The van der Waals surface area contributed by atoms with Crippen LogP contribution >= 0.6 is 23.4 Å². The van der Waals surface area contributed by atoms with Gasteiger partial charge in [-0.1, -0.05) is 11.6 Å². The number of thioether (sulfide) groups is 1. The highest BCUT2D eigenvalue weighted by Gasteiger charge is 2.27. The van der Waals surface area contributed by atoms with Gasteiger partial charge >= 0.3 is 5.51 Å². The van der Waals surface area contributed by atoms with Crippen molar-refractivity contribution >= 4 is 29.1 Å². The van der Waals surface area contributed by atoms with E-state index in [1.54, 1.807) is 0 Å². The van der Waals surface area contributed by atoms with Crippen molar-refractivity contribution in [1.29, 1.82) is 0 Å². The number of alkyl halides is 3. The first-order valence-electron chi connectivity index (χ1n) is 4.02. The van der Waals surface area contributed by atoms with E-state index in [1.807, 2.05) is 0 Å². The first-order chi connectivity index (χ1) is 7.31. The molecule has 1 heterocycles. The minimum Gasteiger partial charge on any atom is -0.392 e. The van der Waals surface area contributed by atoms with E-state index in [0.29, 0.717) is 0 Å². The van der Waals surface area contributed by atoms with Gasteiger partial charge in [-0.2, -0.15) is 13.2 Å². The first-order valence-corrected chi connectivity index (χ1v) is 5.38. The van der Waals surface area contributed by atoms with E-state index in [-0.39, 0.29) is 34.9 Å². The van der Waals surface area contributed by atoms with Gasteiger partial charge in [0, 0.05) is 12.3 Å². The maximum absolute atomic E-state index is 11.8. The van der Waals surface area contributed by atoms with Crippen molar-refractivity contribution in [3.63, 3.8) is 0 Å². The van der Waals surface area contributed by atoms with Crippen LogP contribution in [0, 0.1) is 0 Å². The summed E-state index contributed by atoms with van der Waals surface area (Å²) in [6, 6.07) is 0. The molecule has 1 aromatic rings. The Morgan fingerprint density at radius 1 is 1.56 bits per heavy atom. The van der Waals surface area contributed by atoms with E-state index in [1.165, 1.54) is 0 Å². The predicted octanol–water partition coefficient (Wildman–Crippen LogP) is 1.73. The highest BCUT2D eigenvalue weighted by Crippen LogP contribution is 2.29. The molecule has 4 nitrogen and oxygen atoms in total. The van der Waals surface area contributed by atoms with Crippen LogP contribution in [-0.4, -0.2) is 20.8 Å². The molecule has 0 aliphatic heterocycles. The van der Waals surface area contributed by atoms with Crippen molar-refractivity contribution in [2.24, 2.45) is 0 Å². The summed E-state index contributed by atoms with van der Waals surface area (Å²) in [5.74, 6) is -0.286. The molecule has 0 radical (unpaired) electrons. The summed E-state index contributed by atoms with van der Waals surface area (Å²) >= 11 is 5.24. The van der Waals surface area contributed by atoms with Crippen LogP contribution in [0.25, 0.3) is 0 Å². The Balaban J connectivity index is 2.69. The monoisotopic (exact) mass is 273 g/mol. The molecule has 16 heavy (non-hydrogen) atoms. The lowest BCUT2D eigenvalue weighted by Crippen LogP contribution is -2.25. The summed E-state index contributed by atoms with van der Waals surface area (Å²) < 4.78 is 36.4. The molecule has 0 saturated heterocycles. The molecular formula is C7H7ClF3N3OS. The molecule has 90 valence electrons. The van der Waals surface area contributed by atoms with Gasteiger partial charge in [0.25, 0.3) is 5.56 Å². The summed E-state index contributed by atoms with van der Waals surface area (Å²) in [7, 11) is 0. The maximum Gasteiger partial charge on any atom is 0.441 e. The topological polar surface area (TPSA) is 60.9 Å². The molecule has 0 aromatic carbocycles. The van der Waals surface area contributed by atoms with Crippen molar-refractivity contribution in [3.8, 4) is 0 Å². The van der Waals surface area contributed by atoms with Gasteiger partial charge in [-0.3, -0.25) is 9.36 Å². The summed E-state index contributed by atoms with van der Waals surface area (Å²) in [4.78, 5) is 14.9. The Hall–Kier alpha value is -0.890. The Morgan fingerprint density at radius 2 is 2.19 bits per heavy atom. The molecule has 0 aliphatic carbocycles. The van der Waals surface area contributed by atoms with Gasteiger partial charge in [-0.05, 0) is 11.8 Å². The molecule has 0 bridgehead atoms. The lowest BCUT2D eigenvalue weighted by atomic mass is 10.5. The number of nitrogen functional groups attached to an aromatic ring is 1. The van der Waals surface area contributed by atoms with Crippen molar-refractivity contribution < 1.29 is 13.2 Å². The molecular weight excluding hydrogens is 267 g/mol. The van der Waals surface area contributed by atoms with Crippen molar-refractivity contribution in [1.82, 2.24) is 9.55 Å². The fourth-order valence-corrected chi connectivity index (χ4v) is 1.55. The second kappa shape index (κ2) is 4.96. The number of nitrogens with zero attached hydrogens (tertiary/aromatic N) is 2. The molecule has 0 atom stereocenters. The van der Waals surface area contributed by atoms with Crippen LogP contribution < -0.4 is 11.3 Å². The maximum atomic E-state index is 11.8. The van der Waals surface area contributed by atoms with Gasteiger partial charge in [0.2, 0.25) is 0 Å². The third-order valence-corrected chi connectivity index (χ3v) is 2.64. The van der Waals surface area contributed by atoms with E-state index >= 15 is 0 Å². The van der Waals surface area contributed by atoms with Crippen LogP contribution in [0.15, 0.2) is 11.1 Å². The van der Waals surface area contributed by atoms with Crippen LogP contribution in [0.5, 0.6) is 0 Å². The lowest BCUT2D eigenvalue weighted by molar-refractivity contribution is -0.0328. The number of aromatic nitrogens is 2. The molecule has 0 aliphatic rings. The number of nitrogens with two attached hydrogens (primary N) is 1. The molecule has 0 amide bonds. The average Bonchev–Trinajstić information content (AvgIpc) is 2.16. The number of halogens is 4. The van der Waals surface area contributed by atoms with Crippen LogP contribution in [0.2, 0.25) is 5.15 Å². The molecule has 0 fully saturated rings. The van der Waals surface area contributed by atoms with E-state index < -0.39 is 11.1 Å². The van der Waals surface area contributed by atoms with Crippen LogP contribution in [-0.2, 0) is 6.54 Å². The summed E-state index contributed by atoms with van der Waals surface area (Å²) in [6.45, 7) is -0.128. The number of anilines is 1. The zero-order valence-electron chi connectivity index (χ0n) is 7.79. The van der Waals surface area contributed by atoms with Crippen molar-refractivity contribution in [2.45, 2.75) is 12.1 Å². The van der Waals surface area contributed by atoms with Crippen LogP contribution in [0.4, 0.5) is 18.9 Å². The largest absolute Gasteiger partial charge is 0.441 e. The molecule has 0 unspecified atom stereocenters. The lowest BCUT2D eigenvalue weighted by Gasteiger charge is -2.08. The predicted molar refractivity (Wildman–Crippen MR) is 56.4 cm³/mol. The van der Waals surface area contributed by atoms with Gasteiger partial charge in [0.15, 0.2) is 5.15 Å². The normalized spacial score (nSPS) is 11.8. The van der Waals surface area contributed by atoms with Gasteiger partial charge in [-0.25, -0.2) is 4.98 Å². The smallest absolute Gasteiger partial charge is 0.392 e. The molecule has 0 spiro atoms. The number of aryl methyl sites for hydroxylation is 1. The SMILES string of the molecule is Nc1c(Cl)ncn(CCSC(F)(F)F)c1=O. The van der Waals surface area contributed by atoms with Crippen molar-refractivity contribution in [2.75, 3.05) is 11.5 Å². The molecule has 9 heteroatoms. The zero-order valence-corrected chi connectivity index (χ0v) is 9.36. The quantitative estimate of drug-likeness (QED) is 0.852. The van der Waals surface area contributed by atoms with E-state index in [0.717, 1.165) is 10.9 Å². The second-order valence-corrected chi connectivity index (χ2v) is 4.26. The highest BCUT2D eigenvalue weighted by atomic mass is 35.5. The summed E-state index contributed by atoms with van der Waals surface area (Å²) in [5, 5.41) is -0.148. The Labute approximate surface area is 97.6 Å². The second-order valence-electron chi connectivity index (χ2n) is 2.74. The fraction of sp³-hybridized carbons (Fsp3) is 0.429. The highest BCUT2D eigenvalue weighted by molar-refractivity contribution is 8.00. The third kappa shape index (κ3) is 3.60. The average molecular weight is 274 g/mol. The zero-order chi connectivity index (χ0) is 12.3. The number of hydrogen-bond acceptors (Lipinski definition) is 4. The Bertz CT molecular complexity index is 434. The Kier molecular flexibility index (Phi) is 4.09. The molecule has 1 rings (SSSR count).